The Bertz CT molecular complexity index is 674. The second-order valence-corrected chi connectivity index (χ2v) is 14.8. The second kappa shape index (κ2) is 11.2. The molecular formula is C25H42O5Si. The standard InChI is InChI=1S/C25H42O5Si/c1-11-16-25(23(26)28-12-2,24(27)29-13-3)21-14-15-22(20(21)10)30-31(17(4)5,18(6)7)19(8)9/h1,17-19,21H,12-16H2,2-10H3. The van der Waals surface area contributed by atoms with Gasteiger partial charge in [0.05, 0.1) is 19.0 Å². The van der Waals surface area contributed by atoms with Gasteiger partial charge in [0, 0.05) is 18.8 Å². The molecule has 0 amide bonds. The fraction of sp³-hybridized carbons (Fsp3) is 0.760. The molecule has 0 aromatic rings. The van der Waals surface area contributed by atoms with Crippen molar-refractivity contribution in [3.63, 3.8) is 0 Å². The molecule has 1 aliphatic carbocycles. The van der Waals surface area contributed by atoms with Gasteiger partial charge in [-0.3, -0.25) is 9.59 Å². The molecule has 0 radical (unpaired) electrons. The van der Waals surface area contributed by atoms with Crippen LogP contribution in [0.1, 0.15) is 81.6 Å². The van der Waals surface area contributed by atoms with Gasteiger partial charge in [-0.25, -0.2) is 0 Å². The SMILES string of the molecule is C#CCC(C(=O)OCC)(C(=O)OCC)C1CCC(O[Si](C(C)C)(C(C)C)C(C)C)=C1C. The summed E-state index contributed by atoms with van der Waals surface area (Å²) in [5.74, 6) is 1.87. The Morgan fingerprint density at radius 2 is 1.48 bits per heavy atom. The third kappa shape index (κ3) is 5.03. The molecule has 0 fully saturated rings. The molecular weight excluding hydrogens is 408 g/mol. The number of terminal acetylenes is 1. The van der Waals surface area contributed by atoms with Gasteiger partial charge in [-0.2, -0.15) is 0 Å². The van der Waals surface area contributed by atoms with E-state index in [4.69, 9.17) is 20.3 Å². The zero-order valence-electron chi connectivity index (χ0n) is 21.0. The molecule has 6 heteroatoms. The van der Waals surface area contributed by atoms with Crippen LogP contribution in [0.4, 0.5) is 0 Å². The maximum Gasteiger partial charge on any atom is 0.325 e. The maximum absolute atomic E-state index is 13.1. The van der Waals surface area contributed by atoms with Crippen molar-refractivity contribution in [2.24, 2.45) is 11.3 Å². The van der Waals surface area contributed by atoms with E-state index in [9.17, 15) is 9.59 Å². The van der Waals surface area contributed by atoms with Crippen LogP contribution in [0.3, 0.4) is 0 Å². The van der Waals surface area contributed by atoms with E-state index in [1.54, 1.807) is 13.8 Å². The molecule has 1 atom stereocenters. The van der Waals surface area contributed by atoms with Crippen LogP contribution >= 0.6 is 0 Å². The van der Waals surface area contributed by atoms with Crippen molar-refractivity contribution in [2.45, 2.75) is 98.2 Å². The lowest BCUT2D eigenvalue weighted by molar-refractivity contribution is -0.175. The van der Waals surface area contributed by atoms with Gasteiger partial charge in [0.25, 0.3) is 8.32 Å². The molecule has 1 aliphatic rings. The van der Waals surface area contributed by atoms with Crippen molar-refractivity contribution >= 4 is 20.3 Å². The molecule has 31 heavy (non-hydrogen) atoms. The number of rotatable bonds is 11. The first-order valence-electron chi connectivity index (χ1n) is 11.6. The summed E-state index contributed by atoms with van der Waals surface area (Å²) >= 11 is 0. The monoisotopic (exact) mass is 450 g/mol. The average molecular weight is 451 g/mol. The smallest absolute Gasteiger partial charge is 0.325 e. The molecule has 0 saturated carbocycles. The molecule has 1 rings (SSSR count). The lowest BCUT2D eigenvalue weighted by Crippen LogP contribution is -2.48. The second-order valence-electron chi connectivity index (χ2n) is 9.41. The minimum absolute atomic E-state index is 0.0545. The number of carbonyl (C=O) groups is 2. The zero-order chi connectivity index (χ0) is 24.0. The Hall–Kier alpha value is -1.74. The van der Waals surface area contributed by atoms with Crippen LogP contribution in [0.15, 0.2) is 11.3 Å². The first-order valence-corrected chi connectivity index (χ1v) is 13.8. The molecule has 0 aromatic heterocycles. The number of carbonyl (C=O) groups excluding carboxylic acids is 2. The molecule has 5 nitrogen and oxygen atoms in total. The molecule has 0 spiro atoms. The summed E-state index contributed by atoms with van der Waals surface area (Å²) in [6.45, 7) is 19.2. The van der Waals surface area contributed by atoms with Crippen molar-refractivity contribution in [1.29, 1.82) is 0 Å². The van der Waals surface area contributed by atoms with Gasteiger partial charge in [-0.1, -0.05) is 41.5 Å². The highest BCUT2D eigenvalue weighted by Crippen LogP contribution is 2.51. The van der Waals surface area contributed by atoms with E-state index in [2.05, 4.69) is 47.5 Å². The Balaban J connectivity index is 3.56. The van der Waals surface area contributed by atoms with Crippen LogP contribution in [-0.4, -0.2) is 33.5 Å². The van der Waals surface area contributed by atoms with Crippen LogP contribution in [0, 0.1) is 23.7 Å². The Morgan fingerprint density at radius 1 is 1.03 bits per heavy atom. The minimum Gasteiger partial charge on any atom is -0.546 e. The van der Waals surface area contributed by atoms with E-state index >= 15 is 0 Å². The highest BCUT2D eigenvalue weighted by atomic mass is 28.4. The fourth-order valence-corrected chi connectivity index (χ4v) is 10.9. The molecule has 0 N–H and O–H groups in total. The van der Waals surface area contributed by atoms with E-state index in [-0.39, 0.29) is 19.6 Å². The van der Waals surface area contributed by atoms with Gasteiger partial charge in [0.15, 0.2) is 5.41 Å². The van der Waals surface area contributed by atoms with Gasteiger partial charge in [0.2, 0.25) is 0 Å². The van der Waals surface area contributed by atoms with Gasteiger partial charge < -0.3 is 13.9 Å². The van der Waals surface area contributed by atoms with Crippen molar-refractivity contribution in [3.8, 4) is 12.3 Å². The van der Waals surface area contributed by atoms with Gasteiger partial charge in [-0.15, -0.1) is 12.3 Å². The first-order chi connectivity index (χ1) is 14.5. The Morgan fingerprint density at radius 3 is 1.84 bits per heavy atom. The summed E-state index contributed by atoms with van der Waals surface area (Å²) in [4.78, 5) is 26.3. The normalized spacial score (nSPS) is 17.3. The van der Waals surface area contributed by atoms with E-state index in [0.717, 1.165) is 11.3 Å². The zero-order valence-corrected chi connectivity index (χ0v) is 22.0. The van der Waals surface area contributed by atoms with Gasteiger partial charge in [0.1, 0.15) is 0 Å². The molecule has 0 bridgehead atoms. The molecule has 0 aromatic carbocycles. The number of allylic oxidation sites excluding steroid dienone is 2. The van der Waals surface area contributed by atoms with E-state index in [1.165, 1.54) is 0 Å². The van der Waals surface area contributed by atoms with Gasteiger partial charge >= 0.3 is 11.9 Å². The highest BCUT2D eigenvalue weighted by molar-refractivity contribution is 6.77. The predicted octanol–water partition coefficient (Wildman–Crippen LogP) is 6.00. The van der Waals surface area contributed by atoms with E-state index < -0.39 is 31.6 Å². The third-order valence-corrected chi connectivity index (χ3v) is 12.9. The van der Waals surface area contributed by atoms with Crippen LogP contribution < -0.4 is 0 Å². The molecule has 176 valence electrons. The summed E-state index contributed by atoms with van der Waals surface area (Å²) in [6.07, 6.45) is 6.88. The summed E-state index contributed by atoms with van der Waals surface area (Å²) in [5, 5.41) is 0. The molecule has 0 saturated heterocycles. The lowest BCUT2D eigenvalue weighted by Gasteiger charge is -2.43. The summed E-state index contributed by atoms with van der Waals surface area (Å²) in [5.41, 5.74) is 0.677. The number of ether oxygens (including phenoxy) is 2. The minimum atomic E-state index is -2.16. The van der Waals surface area contributed by atoms with Crippen LogP contribution in [0.25, 0.3) is 0 Å². The van der Waals surface area contributed by atoms with Crippen molar-refractivity contribution < 1.29 is 23.5 Å². The largest absolute Gasteiger partial charge is 0.546 e. The summed E-state index contributed by atoms with van der Waals surface area (Å²) in [7, 11) is -2.16. The number of hydrogen-bond acceptors (Lipinski definition) is 5. The quantitative estimate of drug-likeness (QED) is 0.167. The summed E-state index contributed by atoms with van der Waals surface area (Å²) in [6, 6.07) is 0. The van der Waals surface area contributed by atoms with Gasteiger partial charge in [-0.05, 0) is 49.4 Å². The van der Waals surface area contributed by atoms with Crippen LogP contribution in [0.5, 0.6) is 0 Å². The molecule has 0 heterocycles. The Labute approximate surface area is 190 Å². The van der Waals surface area contributed by atoms with E-state index in [0.29, 0.717) is 29.5 Å². The maximum atomic E-state index is 13.1. The molecule has 1 unspecified atom stereocenters. The van der Waals surface area contributed by atoms with Crippen molar-refractivity contribution in [1.82, 2.24) is 0 Å². The topological polar surface area (TPSA) is 61.8 Å². The van der Waals surface area contributed by atoms with Crippen molar-refractivity contribution in [2.75, 3.05) is 13.2 Å². The van der Waals surface area contributed by atoms with Crippen LogP contribution in [-0.2, 0) is 23.5 Å². The number of esters is 2. The first kappa shape index (κ1) is 27.3. The predicted molar refractivity (Wildman–Crippen MR) is 127 cm³/mol. The third-order valence-electron chi connectivity index (χ3n) is 6.88. The van der Waals surface area contributed by atoms with Crippen molar-refractivity contribution in [3.05, 3.63) is 11.3 Å². The lowest BCUT2D eigenvalue weighted by atomic mass is 9.70. The summed E-state index contributed by atoms with van der Waals surface area (Å²) < 4.78 is 17.6. The van der Waals surface area contributed by atoms with Crippen LogP contribution in [0.2, 0.25) is 16.6 Å². The molecule has 0 aliphatic heterocycles. The highest BCUT2D eigenvalue weighted by Gasteiger charge is 2.57. The fourth-order valence-electron chi connectivity index (χ4n) is 5.51. The number of hydrogen-bond donors (Lipinski definition) is 0. The average Bonchev–Trinajstić information content (AvgIpc) is 3.03. The van der Waals surface area contributed by atoms with E-state index in [1.807, 2.05) is 6.92 Å². The Kier molecular flexibility index (Phi) is 9.88.